The van der Waals surface area contributed by atoms with E-state index in [0.717, 1.165) is 12.1 Å². The summed E-state index contributed by atoms with van der Waals surface area (Å²) < 4.78 is 0. The number of allylic oxidation sites excluding steroid dienone is 5. The number of hydrogen-bond acceptors (Lipinski definition) is 1. The summed E-state index contributed by atoms with van der Waals surface area (Å²) in [6.07, 6.45) is 9.35. The van der Waals surface area contributed by atoms with Crippen LogP contribution >= 0.6 is 0 Å². The van der Waals surface area contributed by atoms with Gasteiger partial charge in [0.05, 0.1) is 0 Å². The van der Waals surface area contributed by atoms with Crippen LogP contribution in [0.1, 0.15) is 31.9 Å². The van der Waals surface area contributed by atoms with Crippen molar-refractivity contribution in [2.75, 3.05) is 0 Å². The summed E-state index contributed by atoms with van der Waals surface area (Å²) in [6.45, 7) is 5.90. The molecule has 0 amide bonds. The first-order chi connectivity index (χ1) is 8.25. The van der Waals surface area contributed by atoms with Gasteiger partial charge >= 0.3 is 0 Å². The van der Waals surface area contributed by atoms with Crippen molar-refractivity contribution >= 4 is 6.08 Å². The molecule has 1 nitrogen and oxygen atoms in total. The molecule has 1 heteroatoms. The van der Waals surface area contributed by atoms with Gasteiger partial charge in [-0.25, -0.2) is 0 Å². The van der Waals surface area contributed by atoms with Gasteiger partial charge in [-0.1, -0.05) is 56.3 Å². The van der Waals surface area contributed by atoms with E-state index in [4.69, 9.17) is 5.73 Å². The Morgan fingerprint density at radius 2 is 1.88 bits per heavy atom. The largest absolute Gasteiger partial charge is 0.402 e. The monoisotopic (exact) mass is 227 g/mol. The van der Waals surface area contributed by atoms with Crippen molar-refractivity contribution in [2.24, 2.45) is 5.73 Å². The number of fused-ring (bicyclic) bond motifs is 1. The first-order valence-electron chi connectivity index (χ1n) is 6.14. The second-order valence-electron chi connectivity index (χ2n) is 3.86. The highest BCUT2D eigenvalue weighted by molar-refractivity contribution is 5.62. The van der Waals surface area contributed by atoms with Gasteiger partial charge in [0.15, 0.2) is 0 Å². The van der Waals surface area contributed by atoms with Crippen LogP contribution in [0.4, 0.5) is 0 Å². The number of rotatable bonds is 1. The summed E-state index contributed by atoms with van der Waals surface area (Å²) in [7, 11) is 0. The van der Waals surface area contributed by atoms with Gasteiger partial charge in [-0.15, -0.1) is 0 Å². The normalized spacial score (nSPS) is 16.2. The molecule has 1 aromatic carbocycles. The average Bonchev–Trinajstić information content (AvgIpc) is 2.38. The summed E-state index contributed by atoms with van der Waals surface area (Å²) >= 11 is 0. The molecule has 0 aliphatic heterocycles. The lowest BCUT2D eigenvalue weighted by Crippen LogP contribution is -1.96. The minimum atomic E-state index is 0.842. The third kappa shape index (κ3) is 3.95. The minimum Gasteiger partial charge on any atom is -0.402 e. The molecule has 1 aromatic rings. The predicted octanol–water partition coefficient (Wildman–Crippen LogP) is 4.07. The Hall–Kier alpha value is -1.76. The van der Waals surface area contributed by atoms with E-state index < -0.39 is 0 Å². The van der Waals surface area contributed by atoms with Crippen molar-refractivity contribution in [2.45, 2.75) is 27.2 Å². The second kappa shape index (κ2) is 6.74. The van der Waals surface area contributed by atoms with E-state index in [1.165, 1.54) is 16.7 Å². The third-order valence-electron chi connectivity index (χ3n) is 2.49. The standard InChI is InChI=1S/C14H15N.C2H6/c1-11(15)6-7-12-8-9-13-4-2-3-5-14(13)10-12;1-2/h2-9H,10,15H2,1H3;1-2H3/b11-6-,12-7-;. The molecule has 0 heterocycles. The molecular formula is C16H21N. The van der Waals surface area contributed by atoms with Gasteiger partial charge < -0.3 is 5.73 Å². The molecule has 2 N–H and O–H groups in total. The molecule has 0 saturated carbocycles. The first-order valence-corrected chi connectivity index (χ1v) is 6.14. The molecule has 1 aliphatic rings. The fourth-order valence-corrected chi connectivity index (χ4v) is 1.69. The Morgan fingerprint density at radius 1 is 1.18 bits per heavy atom. The van der Waals surface area contributed by atoms with Crippen LogP contribution in [-0.4, -0.2) is 0 Å². The van der Waals surface area contributed by atoms with Crippen molar-refractivity contribution in [1.29, 1.82) is 0 Å². The van der Waals surface area contributed by atoms with Crippen LogP contribution < -0.4 is 5.73 Å². The molecule has 0 saturated heterocycles. The Labute approximate surface area is 104 Å². The maximum Gasteiger partial charge on any atom is 0.00489 e. The smallest absolute Gasteiger partial charge is 0.00489 e. The molecule has 0 spiro atoms. The highest BCUT2D eigenvalue weighted by atomic mass is 14.5. The van der Waals surface area contributed by atoms with Gasteiger partial charge in [0.1, 0.15) is 0 Å². The molecular weight excluding hydrogens is 206 g/mol. The maximum absolute atomic E-state index is 5.60. The van der Waals surface area contributed by atoms with Crippen LogP contribution in [0.5, 0.6) is 0 Å². The highest BCUT2D eigenvalue weighted by Crippen LogP contribution is 2.21. The van der Waals surface area contributed by atoms with Crippen LogP contribution in [-0.2, 0) is 6.42 Å². The van der Waals surface area contributed by atoms with Gasteiger partial charge in [-0.05, 0) is 36.1 Å². The van der Waals surface area contributed by atoms with E-state index in [1.807, 2.05) is 26.8 Å². The zero-order valence-electron chi connectivity index (χ0n) is 10.9. The molecule has 2 rings (SSSR count). The minimum absolute atomic E-state index is 0.842. The van der Waals surface area contributed by atoms with Gasteiger partial charge in [0, 0.05) is 5.70 Å². The summed E-state index contributed by atoms with van der Waals surface area (Å²) in [5.41, 5.74) is 10.4. The molecule has 90 valence electrons. The van der Waals surface area contributed by atoms with Crippen LogP contribution in [0.2, 0.25) is 0 Å². The number of hydrogen-bond donors (Lipinski definition) is 1. The fraction of sp³-hybridized carbons (Fsp3) is 0.250. The zero-order valence-corrected chi connectivity index (χ0v) is 10.9. The summed E-state index contributed by atoms with van der Waals surface area (Å²) in [4.78, 5) is 0. The van der Waals surface area contributed by atoms with E-state index in [-0.39, 0.29) is 0 Å². The van der Waals surface area contributed by atoms with Crippen molar-refractivity contribution in [3.8, 4) is 0 Å². The quantitative estimate of drug-likeness (QED) is 0.769. The summed E-state index contributed by atoms with van der Waals surface area (Å²) in [5, 5.41) is 0. The van der Waals surface area contributed by atoms with E-state index in [2.05, 4.69) is 42.5 Å². The maximum atomic E-state index is 5.60. The van der Waals surface area contributed by atoms with Crippen molar-refractivity contribution < 1.29 is 0 Å². The van der Waals surface area contributed by atoms with Crippen molar-refractivity contribution in [3.05, 3.63) is 64.9 Å². The van der Waals surface area contributed by atoms with E-state index in [0.29, 0.717) is 0 Å². The van der Waals surface area contributed by atoms with E-state index in [1.54, 1.807) is 0 Å². The van der Waals surface area contributed by atoms with Crippen LogP contribution in [0.15, 0.2) is 53.8 Å². The summed E-state index contributed by atoms with van der Waals surface area (Å²) in [5.74, 6) is 0. The van der Waals surface area contributed by atoms with Crippen molar-refractivity contribution in [3.63, 3.8) is 0 Å². The van der Waals surface area contributed by atoms with Crippen LogP contribution in [0.25, 0.3) is 6.08 Å². The Morgan fingerprint density at radius 3 is 2.59 bits per heavy atom. The Bertz CT molecular complexity index is 446. The third-order valence-corrected chi connectivity index (χ3v) is 2.49. The lowest BCUT2D eigenvalue weighted by molar-refractivity contribution is 1.17. The van der Waals surface area contributed by atoms with Crippen LogP contribution in [0.3, 0.4) is 0 Å². The van der Waals surface area contributed by atoms with Gasteiger partial charge in [0.25, 0.3) is 0 Å². The predicted molar refractivity (Wildman–Crippen MR) is 76.6 cm³/mol. The second-order valence-corrected chi connectivity index (χ2v) is 3.86. The van der Waals surface area contributed by atoms with Gasteiger partial charge in [0.2, 0.25) is 0 Å². The SMILES string of the molecule is C/C(N)=C/C=C1/C=Cc2ccccc2C1.CC. The summed E-state index contributed by atoms with van der Waals surface area (Å²) in [6, 6.07) is 8.47. The van der Waals surface area contributed by atoms with Crippen molar-refractivity contribution in [1.82, 2.24) is 0 Å². The first kappa shape index (κ1) is 13.3. The van der Waals surface area contributed by atoms with Gasteiger partial charge in [-0.2, -0.15) is 0 Å². The molecule has 0 radical (unpaired) electrons. The lowest BCUT2D eigenvalue weighted by Gasteiger charge is -2.11. The molecule has 0 fully saturated rings. The lowest BCUT2D eigenvalue weighted by atomic mass is 9.94. The van der Waals surface area contributed by atoms with E-state index >= 15 is 0 Å². The topological polar surface area (TPSA) is 26.0 Å². The van der Waals surface area contributed by atoms with Gasteiger partial charge in [-0.3, -0.25) is 0 Å². The molecule has 17 heavy (non-hydrogen) atoms. The fourth-order valence-electron chi connectivity index (χ4n) is 1.69. The van der Waals surface area contributed by atoms with Crippen LogP contribution in [0, 0.1) is 0 Å². The molecule has 0 atom stereocenters. The van der Waals surface area contributed by atoms with E-state index in [9.17, 15) is 0 Å². The number of nitrogens with two attached hydrogens (primary N) is 1. The Kier molecular flexibility index (Phi) is 5.28. The molecule has 0 aromatic heterocycles. The molecule has 1 aliphatic carbocycles. The Balaban J connectivity index is 0.000000686. The number of benzene rings is 1. The average molecular weight is 227 g/mol. The highest BCUT2D eigenvalue weighted by Gasteiger charge is 2.05. The molecule has 0 unspecified atom stereocenters. The zero-order chi connectivity index (χ0) is 12.7. The molecule has 0 bridgehead atoms.